The zero-order chi connectivity index (χ0) is 29.6. The van der Waals surface area contributed by atoms with Gasteiger partial charge in [0.15, 0.2) is 0 Å². The van der Waals surface area contributed by atoms with Crippen LogP contribution in [0.25, 0.3) is 0 Å². The molecule has 3 fully saturated rings. The van der Waals surface area contributed by atoms with Gasteiger partial charge in [-0.15, -0.1) is 0 Å². The first-order valence-electron chi connectivity index (χ1n) is 13.8. The highest BCUT2D eigenvalue weighted by molar-refractivity contribution is 5.97. The van der Waals surface area contributed by atoms with Crippen molar-refractivity contribution >= 4 is 17.5 Å². The third-order valence-electron chi connectivity index (χ3n) is 8.55. The van der Waals surface area contributed by atoms with Crippen LogP contribution in [-0.4, -0.2) is 77.5 Å². The van der Waals surface area contributed by atoms with Crippen LogP contribution in [0.2, 0.25) is 0 Å². The Balaban J connectivity index is 1.40. The first-order chi connectivity index (χ1) is 19.3. The van der Waals surface area contributed by atoms with E-state index in [4.69, 9.17) is 0 Å². The highest BCUT2D eigenvalue weighted by Gasteiger charge is 2.57. The van der Waals surface area contributed by atoms with Gasteiger partial charge < -0.3 is 19.6 Å². The van der Waals surface area contributed by atoms with E-state index in [-0.39, 0.29) is 44.1 Å². The molecule has 2 aromatic rings. The maximum absolute atomic E-state index is 14.1. The largest absolute Gasteiger partial charge is 0.416 e. The quantitative estimate of drug-likeness (QED) is 0.438. The summed E-state index contributed by atoms with van der Waals surface area (Å²) in [6.07, 6.45) is -7.72. The molecule has 2 aromatic carbocycles. The van der Waals surface area contributed by atoms with Crippen LogP contribution >= 0.6 is 0 Å². The maximum atomic E-state index is 14.1. The Morgan fingerprint density at radius 1 is 0.854 bits per heavy atom. The predicted octanol–water partition coefficient (Wildman–Crippen LogP) is 5.49. The van der Waals surface area contributed by atoms with E-state index >= 15 is 0 Å². The molecule has 0 aromatic heterocycles. The van der Waals surface area contributed by atoms with Crippen LogP contribution < -0.4 is 4.90 Å². The van der Waals surface area contributed by atoms with Crippen molar-refractivity contribution in [3.8, 4) is 0 Å². The number of amides is 2. The Bertz CT molecular complexity index is 1240. The summed E-state index contributed by atoms with van der Waals surface area (Å²) in [6.45, 7) is 5.26. The van der Waals surface area contributed by atoms with Gasteiger partial charge in [0.05, 0.1) is 11.1 Å². The lowest BCUT2D eigenvalue weighted by atomic mass is 9.85. The lowest BCUT2D eigenvalue weighted by molar-refractivity contribution is -0.143. The number of halogens is 6. The van der Waals surface area contributed by atoms with Crippen molar-refractivity contribution in [1.29, 1.82) is 0 Å². The fourth-order valence-corrected chi connectivity index (χ4v) is 6.43. The van der Waals surface area contributed by atoms with Crippen molar-refractivity contribution in [1.82, 2.24) is 14.7 Å². The second-order valence-corrected chi connectivity index (χ2v) is 11.0. The van der Waals surface area contributed by atoms with Gasteiger partial charge in [0.2, 0.25) is 5.91 Å². The molecule has 0 radical (unpaired) electrons. The van der Waals surface area contributed by atoms with Crippen molar-refractivity contribution in [3.05, 3.63) is 65.2 Å². The number of hydrogen-bond acceptors (Lipinski definition) is 4. The number of likely N-dealkylation sites (tertiary alicyclic amines) is 2. The molecule has 222 valence electrons. The topological polar surface area (TPSA) is 47.1 Å². The van der Waals surface area contributed by atoms with Gasteiger partial charge in [-0.25, -0.2) is 0 Å². The zero-order valence-corrected chi connectivity index (χ0v) is 22.6. The first-order valence-corrected chi connectivity index (χ1v) is 13.8. The second kappa shape index (κ2) is 10.8. The lowest BCUT2D eigenvalue weighted by Gasteiger charge is -2.44. The molecular formula is C29H32F6N4O2. The molecule has 0 bridgehead atoms. The van der Waals surface area contributed by atoms with E-state index in [1.165, 1.54) is 4.90 Å². The van der Waals surface area contributed by atoms with E-state index in [0.717, 1.165) is 38.2 Å². The van der Waals surface area contributed by atoms with Crippen LogP contribution in [0.3, 0.4) is 0 Å². The number of hydrogen-bond donors (Lipinski definition) is 0. The number of nitrogens with zero attached hydrogens (tertiary/aromatic N) is 4. The summed E-state index contributed by atoms with van der Waals surface area (Å²) in [5.41, 5.74) is -3.89. The van der Waals surface area contributed by atoms with Crippen LogP contribution in [-0.2, 0) is 17.1 Å². The smallest absolute Gasteiger partial charge is 0.338 e. The monoisotopic (exact) mass is 582 g/mol. The minimum absolute atomic E-state index is 0.00896. The molecule has 1 atom stereocenters. The van der Waals surface area contributed by atoms with E-state index in [1.54, 1.807) is 0 Å². The summed E-state index contributed by atoms with van der Waals surface area (Å²) < 4.78 is 80.3. The van der Waals surface area contributed by atoms with E-state index in [0.29, 0.717) is 18.7 Å². The second-order valence-electron chi connectivity index (χ2n) is 11.0. The van der Waals surface area contributed by atoms with Gasteiger partial charge in [-0.1, -0.05) is 18.2 Å². The molecule has 1 spiro atoms. The van der Waals surface area contributed by atoms with E-state index in [9.17, 15) is 35.9 Å². The van der Waals surface area contributed by atoms with Crippen molar-refractivity contribution < 1.29 is 35.9 Å². The van der Waals surface area contributed by atoms with E-state index < -0.39 is 40.5 Å². The average molecular weight is 583 g/mol. The van der Waals surface area contributed by atoms with Gasteiger partial charge in [-0.2, -0.15) is 26.3 Å². The van der Waals surface area contributed by atoms with Gasteiger partial charge in [0, 0.05) is 37.4 Å². The minimum atomic E-state index is -5.05. The van der Waals surface area contributed by atoms with Gasteiger partial charge in [-0.3, -0.25) is 9.59 Å². The highest BCUT2D eigenvalue weighted by atomic mass is 19.4. The molecule has 5 rings (SSSR count). The summed E-state index contributed by atoms with van der Waals surface area (Å²) in [5.74, 6) is -0.995. The standard InChI is InChI=1S/C29H32F6N4O2/c1-20-38(16-15-36-11-5-6-12-36)26(41)27(39(20)24-7-3-2-4-8-24)9-13-37(14-10-27)25(40)21-17-22(28(30,31)32)19-23(18-21)29(33,34)35/h2-4,7-8,17-20H,5-6,9-16H2,1H3. The molecule has 0 saturated carbocycles. The molecule has 41 heavy (non-hydrogen) atoms. The molecule has 1 unspecified atom stereocenters. The maximum Gasteiger partial charge on any atom is 0.416 e. The number of alkyl halides is 6. The summed E-state index contributed by atoms with van der Waals surface area (Å²) >= 11 is 0. The summed E-state index contributed by atoms with van der Waals surface area (Å²) in [6, 6.07) is 10.4. The molecule has 2 amide bonds. The summed E-state index contributed by atoms with van der Waals surface area (Å²) in [7, 11) is 0. The Kier molecular flexibility index (Phi) is 7.73. The number of para-hydroxylation sites is 1. The average Bonchev–Trinajstić information content (AvgIpc) is 3.52. The molecule has 3 saturated heterocycles. The minimum Gasteiger partial charge on any atom is -0.338 e. The normalized spacial score (nSPS) is 21.8. The number of piperidine rings is 1. The van der Waals surface area contributed by atoms with Crippen LogP contribution in [0.5, 0.6) is 0 Å². The molecule has 12 heteroatoms. The third kappa shape index (κ3) is 5.62. The number of benzene rings is 2. The SMILES string of the molecule is CC1N(CCN2CCCC2)C(=O)C2(CCN(C(=O)c3cc(C(F)(F)F)cc(C(F)(F)F)c3)CC2)N1c1ccccc1. The van der Waals surface area contributed by atoms with Crippen LogP contribution in [0.1, 0.15) is 54.1 Å². The molecule has 6 nitrogen and oxygen atoms in total. The van der Waals surface area contributed by atoms with E-state index in [2.05, 4.69) is 9.80 Å². The number of rotatable bonds is 5. The van der Waals surface area contributed by atoms with Gasteiger partial charge >= 0.3 is 12.4 Å². The third-order valence-corrected chi connectivity index (χ3v) is 8.55. The molecule has 3 heterocycles. The molecular weight excluding hydrogens is 550 g/mol. The molecule has 3 aliphatic rings. The summed E-state index contributed by atoms with van der Waals surface area (Å²) in [5, 5.41) is 0. The van der Waals surface area contributed by atoms with Gasteiger partial charge in [0.1, 0.15) is 11.7 Å². The van der Waals surface area contributed by atoms with Crippen LogP contribution in [0, 0.1) is 0 Å². The lowest BCUT2D eigenvalue weighted by Crippen LogP contribution is -2.58. The Hall–Kier alpha value is -3.28. The fourth-order valence-electron chi connectivity index (χ4n) is 6.43. The first kappa shape index (κ1) is 29.2. The zero-order valence-electron chi connectivity index (χ0n) is 22.6. The van der Waals surface area contributed by atoms with Gasteiger partial charge in [0.25, 0.3) is 5.91 Å². The molecule has 3 aliphatic heterocycles. The number of carbonyl (C=O) groups is 2. The molecule has 0 N–H and O–H groups in total. The highest BCUT2D eigenvalue weighted by Crippen LogP contribution is 2.43. The van der Waals surface area contributed by atoms with Crippen molar-refractivity contribution in [3.63, 3.8) is 0 Å². The number of anilines is 1. The van der Waals surface area contributed by atoms with Crippen molar-refractivity contribution in [2.75, 3.05) is 44.2 Å². The summed E-state index contributed by atoms with van der Waals surface area (Å²) in [4.78, 5) is 34.8. The van der Waals surface area contributed by atoms with Gasteiger partial charge in [-0.05, 0) is 76.0 Å². The van der Waals surface area contributed by atoms with Crippen LogP contribution in [0.15, 0.2) is 48.5 Å². The Labute approximate surface area is 234 Å². The van der Waals surface area contributed by atoms with E-state index in [1.807, 2.05) is 42.2 Å². The number of carbonyl (C=O) groups excluding carboxylic acids is 2. The Morgan fingerprint density at radius 3 is 1.95 bits per heavy atom. The van der Waals surface area contributed by atoms with Crippen molar-refractivity contribution in [2.24, 2.45) is 0 Å². The van der Waals surface area contributed by atoms with Crippen LogP contribution in [0.4, 0.5) is 32.0 Å². The predicted molar refractivity (Wildman–Crippen MR) is 140 cm³/mol. The molecule has 0 aliphatic carbocycles. The fraction of sp³-hybridized carbons (Fsp3) is 0.517. The Morgan fingerprint density at radius 2 is 1.41 bits per heavy atom. The van der Waals surface area contributed by atoms with Crippen molar-refractivity contribution in [2.45, 2.75) is 56.7 Å².